The van der Waals surface area contributed by atoms with Gasteiger partial charge in [0.05, 0.1) is 4.92 Å². The van der Waals surface area contributed by atoms with Gasteiger partial charge in [0.2, 0.25) is 0 Å². The van der Waals surface area contributed by atoms with Gasteiger partial charge in [0.1, 0.15) is 11.4 Å². The number of rotatable bonds is 6. The summed E-state index contributed by atoms with van der Waals surface area (Å²) in [4.78, 5) is 12.8. The number of nitrogen functional groups attached to an aromatic ring is 1. The number of benzene rings is 1. The SMILES string of the molecule is CCN(CC(C)C)c1cccc(NN)c1[N+](=O)[O-]. The zero-order valence-corrected chi connectivity index (χ0v) is 11.0. The van der Waals surface area contributed by atoms with Crippen LogP contribution in [0.4, 0.5) is 17.1 Å². The lowest BCUT2D eigenvalue weighted by atomic mass is 10.1. The average Bonchev–Trinajstić information content (AvgIpc) is 2.34. The molecule has 0 amide bonds. The molecule has 0 aromatic heterocycles. The number of nitrogens with two attached hydrogens (primary N) is 1. The third-order valence-electron chi connectivity index (χ3n) is 2.66. The summed E-state index contributed by atoms with van der Waals surface area (Å²) < 4.78 is 0. The second-order valence-electron chi connectivity index (χ2n) is 4.51. The van der Waals surface area contributed by atoms with Crippen molar-refractivity contribution in [1.29, 1.82) is 0 Å². The minimum atomic E-state index is -0.395. The molecule has 1 rings (SSSR count). The number of hydrazine groups is 1. The summed E-state index contributed by atoms with van der Waals surface area (Å²) in [6.07, 6.45) is 0. The van der Waals surface area contributed by atoms with Gasteiger partial charge in [0, 0.05) is 13.1 Å². The van der Waals surface area contributed by atoms with E-state index in [1.807, 2.05) is 11.8 Å². The molecule has 1 aromatic carbocycles. The second kappa shape index (κ2) is 6.20. The first kappa shape index (κ1) is 14.2. The first-order valence-electron chi connectivity index (χ1n) is 6.00. The van der Waals surface area contributed by atoms with Gasteiger partial charge in [-0.1, -0.05) is 19.9 Å². The highest BCUT2D eigenvalue weighted by atomic mass is 16.6. The molecule has 6 heteroatoms. The van der Waals surface area contributed by atoms with Gasteiger partial charge >= 0.3 is 5.69 Å². The number of nitro groups is 1. The Morgan fingerprint density at radius 2 is 2.17 bits per heavy atom. The molecular weight excluding hydrogens is 232 g/mol. The summed E-state index contributed by atoms with van der Waals surface area (Å²) in [6, 6.07) is 5.12. The minimum absolute atomic E-state index is 0.0301. The summed E-state index contributed by atoms with van der Waals surface area (Å²) in [7, 11) is 0. The molecule has 0 aliphatic heterocycles. The van der Waals surface area contributed by atoms with Crippen LogP contribution in [0.15, 0.2) is 18.2 Å². The summed E-state index contributed by atoms with van der Waals surface area (Å²) in [5, 5.41) is 11.2. The molecule has 0 radical (unpaired) electrons. The molecule has 0 spiro atoms. The standard InChI is InChI=1S/C12H20N4O2/c1-4-15(8-9(2)3)11-7-5-6-10(14-13)12(11)16(17)18/h5-7,9,14H,4,8,13H2,1-3H3. The second-order valence-corrected chi connectivity index (χ2v) is 4.51. The lowest BCUT2D eigenvalue weighted by Crippen LogP contribution is -2.28. The van der Waals surface area contributed by atoms with Crippen LogP contribution in [0.1, 0.15) is 20.8 Å². The number of nitrogens with zero attached hydrogens (tertiary/aromatic N) is 2. The Bertz CT molecular complexity index is 421. The van der Waals surface area contributed by atoms with Crippen molar-refractivity contribution in [2.75, 3.05) is 23.4 Å². The van der Waals surface area contributed by atoms with Gasteiger partial charge in [0.25, 0.3) is 0 Å². The molecule has 0 saturated carbocycles. The van der Waals surface area contributed by atoms with E-state index in [4.69, 9.17) is 5.84 Å². The van der Waals surface area contributed by atoms with Crippen molar-refractivity contribution in [3.05, 3.63) is 28.3 Å². The van der Waals surface area contributed by atoms with Crippen LogP contribution < -0.4 is 16.2 Å². The van der Waals surface area contributed by atoms with Crippen LogP contribution in [-0.4, -0.2) is 18.0 Å². The number of anilines is 2. The average molecular weight is 252 g/mol. The lowest BCUT2D eigenvalue weighted by molar-refractivity contribution is -0.383. The Kier molecular flexibility index (Phi) is 4.91. The molecule has 0 bridgehead atoms. The Labute approximate surface area is 107 Å². The predicted molar refractivity (Wildman–Crippen MR) is 73.6 cm³/mol. The minimum Gasteiger partial charge on any atom is -0.366 e. The molecule has 6 nitrogen and oxygen atoms in total. The van der Waals surface area contributed by atoms with Crippen molar-refractivity contribution >= 4 is 17.1 Å². The number of hydrogen-bond donors (Lipinski definition) is 2. The van der Waals surface area contributed by atoms with Crippen LogP contribution in [0.5, 0.6) is 0 Å². The van der Waals surface area contributed by atoms with E-state index in [0.29, 0.717) is 23.8 Å². The van der Waals surface area contributed by atoms with Gasteiger partial charge in [-0.15, -0.1) is 0 Å². The van der Waals surface area contributed by atoms with Crippen LogP contribution >= 0.6 is 0 Å². The van der Waals surface area contributed by atoms with Crippen LogP contribution in [0.2, 0.25) is 0 Å². The molecule has 0 atom stereocenters. The normalized spacial score (nSPS) is 10.5. The first-order valence-corrected chi connectivity index (χ1v) is 6.00. The Morgan fingerprint density at radius 1 is 1.50 bits per heavy atom. The Balaban J connectivity index is 3.24. The summed E-state index contributed by atoms with van der Waals surface area (Å²) in [5.74, 6) is 5.76. The topological polar surface area (TPSA) is 84.4 Å². The maximum absolute atomic E-state index is 11.2. The van der Waals surface area contributed by atoms with Gasteiger partial charge in [-0.05, 0) is 25.0 Å². The highest BCUT2D eigenvalue weighted by molar-refractivity contribution is 5.76. The van der Waals surface area contributed by atoms with Crippen molar-refractivity contribution in [1.82, 2.24) is 0 Å². The van der Waals surface area contributed by atoms with Gasteiger partial charge < -0.3 is 10.3 Å². The zero-order chi connectivity index (χ0) is 13.7. The van der Waals surface area contributed by atoms with Gasteiger partial charge in [0.15, 0.2) is 0 Å². The largest absolute Gasteiger partial charge is 0.366 e. The highest BCUT2D eigenvalue weighted by Crippen LogP contribution is 2.35. The third kappa shape index (κ3) is 3.10. The molecule has 3 N–H and O–H groups in total. The molecule has 100 valence electrons. The number of nitrogens with one attached hydrogen (secondary N) is 1. The third-order valence-corrected chi connectivity index (χ3v) is 2.66. The molecule has 0 saturated heterocycles. The maximum Gasteiger partial charge on any atom is 0.316 e. The molecule has 0 aliphatic rings. The van der Waals surface area contributed by atoms with E-state index < -0.39 is 4.92 Å². The maximum atomic E-state index is 11.2. The van der Waals surface area contributed by atoms with Crippen LogP contribution in [0.3, 0.4) is 0 Å². The number of hydrogen-bond acceptors (Lipinski definition) is 5. The molecule has 1 aromatic rings. The van der Waals surface area contributed by atoms with E-state index in [2.05, 4.69) is 19.3 Å². The number of para-hydroxylation sites is 1. The van der Waals surface area contributed by atoms with Crippen LogP contribution in [0, 0.1) is 16.0 Å². The van der Waals surface area contributed by atoms with Crippen LogP contribution in [-0.2, 0) is 0 Å². The molecule has 0 aliphatic carbocycles. The fourth-order valence-corrected chi connectivity index (χ4v) is 1.93. The van der Waals surface area contributed by atoms with E-state index in [1.54, 1.807) is 18.2 Å². The Hall–Kier alpha value is -1.82. The van der Waals surface area contributed by atoms with E-state index in [1.165, 1.54) is 0 Å². The highest BCUT2D eigenvalue weighted by Gasteiger charge is 2.23. The fourth-order valence-electron chi connectivity index (χ4n) is 1.93. The summed E-state index contributed by atoms with van der Waals surface area (Å²) in [5.41, 5.74) is 3.35. The first-order chi connectivity index (χ1) is 8.51. The fraction of sp³-hybridized carbons (Fsp3) is 0.500. The monoisotopic (exact) mass is 252 g/mol. The quantitative estimate of drug-likeness (QED) is 0.461. The van der Waals surface area contributed by atoms with E-state index in [0.717, 1.165) is 6.54 Å². The molecule has 18 heavy (non-hydrogen) atoms. The lowest BCUT2D eigenvalue weighted by Gasteiger charge is -2.25. The zero-order valence-electron chi connectivity index (χ0n) is 11.0. The number of nitro benzene ring substituents is 1. The Morgan fingerprint density at radius 3 is 2.61 bits per heavy atom. The van der Waals surface area contributed by atoms with Gasteiger partial charge in [-0.2, -0.15) is 0 Å². The van der Waals surface area contributed by atoms with Crippen molar-refractivity contribution in [2.24, 2.45) is 11.8 Å². The summed E-state index contributed by atoms with van der Waals surface area (Å²) >= 11 is 0. The van der Waals surface area contributed by atoms with E-state index in [-0.39, 0.29) is 5.69 Å². The van der Waals surface area contributed by atoms with E-state index in [9.17, 15) is 10.1 Å². The molecule has 0 fully saturated rings. The predicted octanol–water partition coefficient (Wildman–Crippen LogP) is 2.36. The van der Waals surface area contributed by atoms with Crippen molar-refractivity contribution in [2.45, 2.75) is 20.8 Å². The molecular formula is C12H20N4O2. The van der Waals surface area contributed by atoms with Crippen LogP contribution in [0.25, 0.3) is 0 Å². The van der Waals surface area contributed by atoms with Gasteiger partial charge in [-0.25, -0.2) is 0 Å². The molecule has 0 unspecified atom stereocenters. The van der Waals surface area contributed by atoms with Crippen molar-refractivity contribution in [3.8, 4) is 0 Å². The smallest absolute Gasteiger partial charge is 0.316 e. The molecule has 0 heterocycles. The van der Waals surface area contributed by atoms with Crippen molar-refractivity contribution < 1.29 is 4.92 Å². The van der Waals surface area contributed by atoms with Gasteiger partial charge in [-0.3, -0.25) is 16.0 Å². The summed E-state index contributed by atoms with van der Waals surface area (Å²) in [6.45, 7) is 7.63. The van der Waals surface area contributed by atoms with Crippen molar-refractivity contribution in [3.63, 3.8) is 0 Å². The van der Waals surface area contributed by atoms with E-state index >= 15 is 0 Å².